The van der Waals surface area contributed by atoms with E-state index in [9.17, 15) is 13.2 Å². The molecule has 0 heterocycles. The predicted molar refractivity (Wildman–Crippen MR) is 39.0 cm³/mol. The van der Waals surface area contributed by atoms with Crippen LogP contribution in [-0.4, -0.2) is 0 Å². The number of alkyl halides is 4. The Bertz CT molecular complexity index is 300. The Labute approximate surface area is 72.0 Å². The minimum atomic E-state index is -3.55. The average molecular weight is 193 g/mol. The van der Waals surface area contributed by atoms with E-state index in [0.717, 1.165) is 0 Å². The van der Waals surface area contributed by atoms with Gasteiger partial charge in [0, 0.05) is 11.1 Å². The van der Waals surface area contributed by atoms with Crippen LogP contribution >= 0.6 is 11.6 Å². The van der Waals surface area contributed by atoms with Crippen LogP contribution in [0, 0.1) is 0 Å². The van der Waals surface area contributed by atoms with Gasteiger partial charge in [0.2, 0.25) is 0 Å². The molecule has 12 heavy (non-hydrogen) atoms. The molecule has 0 radical (unpaired) electrons. The van der Waals surface area contributed by atoms with Crippen LogP contribution in [0.3, 0.4) is 0 Å². The molecule has 0 spiro atoms. The third kappa shape index (κ3) is 0.654. The number of fused-ring (bicyclic) bond motifs is 1. The van der Waals surface area contributed by atoms with Gasteiger partial charge in [0.15, 0.2) is 0 Å². The van der Waals surface area contributed by atoms with Gasteiger partial charge in [0.05, 0.1) is 0 Å². The highest BCUT2D eigenvalue weighted by atomic mass is 35.5. The molecule has 1 unspecified atom stereocenters. The lowest BCUT2D eigenvalue weighted by Gasteiger charge is -2.39. The summed E-state index contributed by atoms with van der Waals surface area (Å²) in [5.41, 5.74) is -0.445. The summed E-state index contributed by atoms with van der Waals surface area (Å²) in [6, 6.07) is 5.35. The quantitative estimate of drug-likeness (QED) is 0.554. The first-order valence-corrected chi connectivity index (χ1v) is 3.71. The van der Waals surface area contributed by atoms with Gasteiger partial charge >= 0.3 is 5.92 Å². The molecule has 1 aromatic rings. The van der Waals surface area contributed by atoms with Crippen molar-refractivity contribution in [1.82, 2.24) is 0 Å². The second-order valence-electron chi connectivity index (χ2n) is 2.69. The monoisotopic (exact) mass is 192 g/mol. The van der Waals surface area contributed by atoms with Crippen LogP contribution in [0.2, 0.25) is 0 Å². The maximum atomic E-state index is 13.0. The highest BCUT2D eigenvalue weighted by Gasteiger charge is 2.66. The molecule has 0 bridgehead atoms. The van der Waals surface area contributed by atoms with Crippen LogP contribution in [0.25, 0.3) is 0 Å². The van der Waals surface area contributed by atoms with Crippen molar-refractivity contribution in [2.45, 2.75) is 11.1 Å². The van der Waals surface area contributed by atoms with Crippen LogP contribution < -0.4 is 0 Å². The topological polar surface area (TPSA) is 0 Å². The van der Waals surface area contributed by atoms with Crippen molar-refractivity contribution in [2.75, 3.05) is 0 Å². The highest BCUT2D eigenvalue weighted by Crippen LogP contribution is 2.61. The highest BCUT2D eigenvalue weighted by molar-refractivity contribution is 6.25. The summed E-state index contributed by atoms with van der Waals surface area (Å²) in [4.78, 5) is 0. The number of hydrogen-bond donors (Lipinski definition) is 0. The number of halogens is 4. The van der Waals surface area contributed by atoms with E-state index in [-0.39, 0.29) is 11.1 Å². The molecule has 0 N–H and O–H groups in total. The zero-order valence-electron chi connectivity index (χ0n) is 5.82. The Morgan fingerprint density at radius 2 is 1.50 bits per heavy atom. The molecule has 0 saturated heterocycles. The van der Waals surface area contributed by atoms with Crippen LogP contribution in [0.1, 0.15) is 11.1 Å². The van der Waals surface area contributed by atoms with Gasteiger partial charge in [0.25, 0.3) is 5.13 Å². The largest absolute Gasteiger partial charge is 0.325 e. The molecule has 64 valence electrons. The normalized spacial score (nSPS) is 30.7. The number of benzene rings is 1. The van der Waals surface area contributed by atoms with E-state index < -0.39 is 11.1 Å². The van der Waals surface area contributed by atoms with E-state index in [4.69, 9.17) is 11.6 Å². The van der Waals surface area contributed by atoms with Crippen LogP contribution in [0.15, 0.2) is 24.3 Å². The van der Waals surface area contributed by atoms with Crippen molar-refractivity contribution in [2.24, 2.45) is 0 Å². The van der Waals surface area contributed by atoms with Crippen LogP contribution in [0.5, 0.6) is 0 Å². The third-order valence-corrected chi connectivity index (χ3v) is 2.44. The molecule has 1 aromatic carbocycles. The van der Waals surface area contributed by atoms with E-state index >= 15 is 0 Å². The van der Waals surface area contributed by atoms with Gasteiger partial charge in [0.1, 0.15) is 0 Å². The summed E-state index contributed by atoms with van der Waals surface area (Å²) in [5, 5.41) is -3.01. The first-order valence-electron chi connectivity index (χ1n) is 3.33. The van der Waals surface area contributed by atoms with Gasteiger partial charge in [-0.25, -0.2) is 4.39 Å². The summed E-state index contributed by atoms with van der Waals surface area (Å²) in [5.74, 6) is -3.55. The summed E-state index contributed by atoms with van der Waals surface area (Å²) < 4.78 is 38.6. The predicted octanol–water partition coefficient (Wildman–Crippen LogP) is 3.15. The van der Waals surface area contributed by atoms with E-state index in [1.807, 2.05) is 0 Å². The maximum Gasteiger partial charge on any atom is 0.325 e. The van der Waals surface area contributed by atoms with E-state index in [1.54, 1.807) is 0 Å². The standard InChI is InChI=1S/C8H4ClF3/c9-7(10)5-3-1-2-4-6(5)8(7,11)12/h1-4H. The van der Waals surface area contributed by atoms with Gasteiger partial charge in [-0.2, -0.15) is 8.78 Å². The lowest BCUT2D eigenvalue weighted by Crippen LogP contribution is -2.45. The molecule has 4 heteroatoms. The SMILES string of the molecule is FC1(F)c2ccccc2C1(F)Cl. The molecule has 1 atom stereocenters. The van der Waals surface area contributed by atoms with Crippen molar-refractivity contribution >= 4 is 11.6 Å². The number of hydrogen-bond acceptors (Lipinski definition) is 0. The average Bonchev–Trinajstić information content (AvgIpc) is 2.04. The fourth-order valence-electron chi connectivity index (χ4n) is 1.31. The molecular weight excluding hydrogens is 189 g/mol. The molecule has 0 aromatic heterocycles. The fraction of sp³-hybridized carbons (Fsp3) is 0.250. The second-order valence-corrected chi connectivity index (χ2v) is 3.22. The van der Waals surface area contributed by atoms with Crippen LogP contribution in [-0.2, 0) is 11.1 Å². The van der Waals surface area contributed by atoms with E-state index in [0.29, 0.717) is 0 Å². The molecule has 1 aliphatic rings. The molecule has 2 rings (SSSR count). The summed E-state index contributed by atoms with van der Waals surface area (Å²) in [6.07, 6.45) is 0. The Kier molecular flexibility index (Phi) is 1.30. The van der Waals surface area contributed by atoms with Crippen molar-refractivity contribution in [3.05, 3.63) is 35.4 Å². The Morgan fingerprint density at radius 3 is 2.00 bits per heavy atom. The fourth-order valence-corrected chi connectivity index (χ4v) is 1.57. The van der Waals surface area contributed by atoms with Gasteiger partial charge in [-0.15, -0.1) is 0 Å². The molecule has 1 aliphatic carbocycles. The van der Waals surface area contributed by atoms with Gasteiger partial charge in [-0.05, 0) is 0 Å². The Hall–Kier alpha value is -0.700. The van der Waals surface area contributed by atoms with Crippen molar-refractivity contribution < 1.29 is 13.2 Å². The first kappa shape index (κ1) is 7.92. The third-order valence-electron chi connectivity index (χ3n) is 2.00. The summed E-state index contributed by atoms with van der Waals surface area (Å²) >= 11 is 5.01. The molecular formula is C8H4ClF3. The minimum absolute atomic E-state index is 0.128. The Balaban J connectivity index is 2.64. The van der Waals surface area contributed by atoms with Crippen LogP contribution in [0.4, 0.5) is 13.2 Å². The first-order chi connectivity index (χ1) is 5.48. The summed E-state index contributed by atoms with van der Waals surface area (Å²) in [6.45, 7) is 0. The maximum absolute atomic E-state index is 13.0. The van der Waals surface area contributed by atoms with E-state index in [1.165, 1.54) is 24.3 Å². The second kappa shape index (κ2) is 1.96. The molecule has 0 saturated carbocycles. The molecule has 0 amide bonds. The van der Waals surface area contributed by atoms with Gasteiger partial charge < -0.3 is 0 Å². The lowest BCUT2D eigenvalue weighted by atomic mass is 9.82. The Morgan fingerprint density at radius 1 is 1.00 bits per heavy atom. The lowest BCUT2D eigenvalue weighted by molar-refractivity contribution is -0.137. The molecule has 0 aliphatic heterocycles. The van der Waals surface area contributed by atoms with Crippen molar-refractivity contribution in [1.29, 1.82) is 0 Å². The smallest absolute Gasteiger partial charge is 0.214 e. The zero-order valence-corrected chi connectivity index (χ0v) is 6.58. The van der Waals surface area contributed by atoms with Gasteiger partial charge in [-0.1, -0.05) is 35.9 Å². The number of rotatable bonds is 0. The van der Waals surface area contributed by atoms with Crippen molar-refractivity contribution in [3.8, 4) is 0 Å². The zero-order chi connectivity index (χ0) is 8.98. The minimum Gasteiger partial charge on any atom is -0.214 e. The molecule has 0 fully saturated rings. The van der Waals surface area contributed by atoms with Gasteiger partial charge in [-0.3, -0.25) is 0 Å². The van der Waals surface area contributed by atoms with Crippen molar-refractivity contribution in [3.63, 3.8) is 0 Å². The van der Waals surface area contributed by atoms with E-state index in [2.05, 4.69) is 0 Å². The summed E-state index contributed by atoms with van der Waals surface area (Å²) in [7, 11) is 0. The molecule has 0 nitrogen and oxygen atoms in total.